The van der Waals surface area contributed by atoms with Gasteiger partial charge in [-0.15, -0.1) is 0 Å². The number of carbonyl (C=O) groups is 3. The molecule has 202 valence electrons. The van der Waals surface area contributed by atoms with Crippen molar-refractivity contribution >= 4 is 46.0 Å². The molecule has 0 saturated heterocycles. The number of aryl methyl sites for hydroxylation is 1. The minimum Gasteiger partial charge on any atom is -0.479 e. The number of halogens is 1. The zero-order valence-corrected chi connectivity index (χ0v) is 23.8. The molecule has 2 aromatic carbocycles. The van der Waals surface area contributed by atoms with Gasteiger partial charge in [0.15, 0.2) is 6.10 Å². The van der Waals surface area contributed by atoms with E-state index < -0.39 is 29.5 Å². The van der Waals surface area contributed by atoms with Crippen LogP contribution in [0.25, 0.3) is 22.0 Å². The van der Waals surface area contributed by atoms with Crippen LogP contribution < -0.4 is 4.90 Å². The van der Waals surface area contributed by atoms with E-state index in [4.69, 9.17) is 16.3 Å². The summed E-state index contributed by atoms with van der Waals surface area (Å²) < 4.78 is 8.29. The first kappa shape index (κ1) is 27.7. The molecule has 38 heavy (non-hydrogen) atoms. The highest BCUT2D eigenvalue weighted by Crippen LogP contribution is 2.48. The first-order valence-corrected chi connectivity index (χ1v) is 12.9. The van der Waals surface area contributed by atoms with Crippen molar-refractivity contribution in [1.82, 2.24) is 9.47 Å². The maximum atomic E-state index is 13.6. The van der Waals surface area contributed by atoms with Crippen LogP contribution in [-0.2, 0) is 25.7 Å². The number of carbonyl (C=O) groups excluding carboxylic acids is 2. The predicted molar refractivity (Wildman–Crippen MR) is 149 cm³/mol. The summed E-state index contributed by atoms with van der Waals surface area (Å²) in [6, 6.07) is 8.91. The van der Waals surface area contributed by atoms with Crippen molar-refractivity contribution in [2.24, 2.45) is 0 Å². The number of anilines is 1. The molecule has 2 heterocycles. The van der Waals surface area contributed by atoms with Crippen LogP contribution in [-0.4, -0.2) is 58.1 Å². The van der Waals surface area contributed by atoms with Crippen LogP contribution in [0.1, 0.15) is 50.6 Å². The Kier molecular flexibility index (Phi) is 7.10. The molecule has 1 aliphatic heterocycles. The van der Waals surface area contributed by atoms with Crippen molar-refractivity contribution < 1.29 is 24.2 Å². The lowest BCUT2D eigenvalue weighted by Gasteiger charge is -2.38. The molecular formula is C29H34ClN3O5. The molecule has 0 radical (unpaired) electrons. The van der Waals surface area contributed by atoms with Gasteiger partial charge in [-0.05, 0) is 76.4 Å². The number of likely N-dealkylation sites (N-methyl/N-ethyl adjacent to an activating group) is 1. The molecule has 2 atom stereocenters. The van der Waals surface area contributed by atoms with E-state index in [0.717, 1.165) is 22.2 Å². The van der Waals surface area contributed by atoms with Gasteiger partial charge in [0.1, 0.15) is 0 Å². The van der Waals surface area contributed by atoms with Crippen molar-refractivity contribution in [3.63, 3.8) is 0 Å². The summed E-state index contributed by atoms with van der Waals surface area (Å²) in [5.41, 5.74) is 4.01. The average molecular weight is 540 g/mol. The molecule has 0 unspecified atom stereocenters. The van der Waals surface area contributed by atoms with Crippen LogP contribution in [0.15, 0.2) is 30.3 Å². The number of aromatic nitrogens is 1. The maximum absolute atomic E-state index is 13.6. The largest absolute Gasteiger partial charge is 0.479 e. The second kappa shape index (κ2) is 9.75. The molecule has 0 aliphatic carbocycles. The smallest absolute Gasteiger partial charge is 0.337 e. The number of ether oxygens (including phenoxy) is 1. The molecular weight excluding hydrogens is 506 g/mol. The van der Waals surface area contributed by atoms with Crippen LogP contribution in [0, 0.1) is 13.8 Å². The minimum absolute atomic E-state index is 0.340. The van der Waals surface area contributed by atoms with E-state index in [-0.39, 0.29) is 6.04 Å². The van der Waals surface area contributed by atoms with Gasteiger partial charge in [0, 0.05) is 42.3 Å². The Hall–Kier alpha value is -3.36. The van der Waals surface area contributed by atoms with Crippen molar-refractivity contribution in [2.75, 3.05) is 19.0 Å². The number of carboxylic acid groups (broad SMARTS) is 1. The topological polar surface area (TPSA) is 92.1 Å². The zero-order valence-electron chi connectivity index (χ0n) is 23.0. The van der Waals surface area contributed by atoms with Crippen molar-refractivity contribution in [3.8, 4) is 11.1 Å². The summed E-state index contributed by atoms with van der Waals surface area (Å²) in [6.07, 6.45) is -1.33. The molecule has 4 rings (SSSR count). The molecule has 0 fully saturated rings. The van der Waals surface area contributed by atoms with Crippen LogP contribution in [0.4, 0.5) is 5.69 Å². The summed E-state index contributed by atoms with van der Waals surface area (Å²) in [6.45, 7) is 11.6. The van der Waals surface area contributed by atoms with Crippen molar-refractivity contribution in [3.05, 3.63) is 52.2 Å². The number of benzene rings is 2. The monoisotopic (exact) mass is 539 g/mol. The highest BCUT2D eigenvalue weighted by atomic mass is 35.5. The Morgan fingerprint density at radius 1 is 1.13 bits per heavy atom. The van der Waals surface area contributed by atoms with Crippen LogP contribution in [0.2, 0.25) is 5.02 Å². The Bertz CT molecular complexity index is 1450. The van der Waals surface area contributed by atoms with Gasteiger partial charge in [-0.1, -0.05) is 23.7 Å². The molecule has 1 N–H and O–H groups in total. The second-order valence-corrected chi connectivity index (χ2v) is 11.5. The summed E-state index contributed by atoms with van der Waals surface area (Å²) >= 11 is 6.20. The number of hydrogen-bond acceptors (Lipinski definition) is 4. The molecule has 8 nitrogen and oxygen atoms in total. The molecule has 0 bridgehead atoms. The highest BCUT2D eigenvalue weighted by Gasteiger charge is 2.40. The van der Waals surface area contributed by atoms with E-state index in [1.54, 1.807) is 39.8 Å². The van der Waals surface area contributed by atoms with E-state index in [0.29, 0.717) is 33.9 Å². The molecule has 1 aliphatic rings. The number of aliphatic carboxylic acids is 1. The molecule has 1 aromatic heterocycles. The second-order valence-electron chi connectivity index (χ2n) is 11.1. The lowest BCUT2D eigenvalue weighted by atomic mass is 9.86. The number of amides is 2. The van der Waals surface area contributed by atoms with E-state index >= 15 is 0 Å². The standard InChI is InChI=1S/C29H34ClN3O5/c1-15-13-20-22(18-9-11-19(30)12-10-18)21(25(28(36)37)38-29(4,5)6)17(3)23-24(20)32(15)14-16(2)33(23)27(35)26(34)31(7)8/h9-13,16,25H,14H2,1-8H3,(H,36,37)/t16-,25+/m1/s1. The first-order chi connectivity index (χ1) is 17.6. The van der Waals surface area contributed by atoms with Crippen molar-refractivity contribution in [1.29, 1.82) is 0 Å². The molecule has 2 amide bonds. The lowest BCUT2D eigenvalue weighted by Crippen LogP contribution is -2.50. The highest BCUT2D eigenvalue weighted by molar-refractivity contribution is 6.41. The van der Waals surface area contributed by atoms with Gasteiger partial charge < -0.3 is 19.3 Å². The summed E-state index contributed by atoms with van der Waals surface area (Å²) in [5, 5.41) is 11.8. The van der Waals surface area contributed by atoms with Gasteiger partial charge in [-0.25, -0.2) is 4.79 Å². The van der Waals surface area contributed by atoms with Gasteiger partial charge in [0.2, 0.25) is 0 Å². The SMILES string of the molecule is Cc1c([C@H](OC(C)(C)C)C(=O)O)c(-c2ccc(Cl)cc2)c2cc(C)n3c2c1N(C(=O)C(=O)N(C)C)[C@H](C)C3. The number of carboxylic acids is 1. The predicted octanol–water partition coefficient (Wildman–Crippen LogP) is 5.34. The fraction of sp³-hybridized carbons (Fsp3) is 0.414. The van der Waals surface area contributed by atoms with Gasteiger partial charge in [0.05, 0.1) is 22.8 Å². The third kappa shape index (κ3) is 4.67. The Balaban J connectivity index is 2.18. The molecule has 0 saturated carbocycles. The van der Waals surface area contributed by atoms with E-state index in [9.17, 15) is 19.5 Å². The quantitative estimate of drug-likeness (QED) is 0.452. The Morgan fingerprint density at radius 3 is 2.26 bits per heavy atom. The van der Waals surface area contributed by atoms with Gasteiger partial charge in [-0.3, -0.25) is 14.5 Å². The van der Waals surface area contributed by atoms with E-state index in [1.807, 2.05) is 32.0 Å². The molecule has 3 aromatic rings. The summed E-state index contributed by atoms with van der Waals surface area (Å²) in [4.78, 5) is 42.0. The number of rotatable bonds is 4. The van der Waals surface area contributed by atoms with Crippen LogP contribution in [0.3, 0.4) is 0 Å². The van der Waals surface area contributed by atoms with E-state index in [1.165, 1.54) is 23.9 Å². The Morgan fingerprint density at radius 2 is 1.74 bits per heavy atom. The average Bonchev–Trinajstić information content (AvgIpc) is 3.14. The van der Waals surface area contributed by atoms with Crippen LogP contribution >= 0.6 is 11.6 Å². The maximum Gasteiger partial charge on any atom is 0.337 e. The lowest BCUT2D eigenvalue weighted by molar-refractivity contribution is -0.160. The number of nitrogens with zero attached hydrogens (tertiary/aromatic N) is 3. The normalized spacial score (nSPS) is 16.0. The van der Waals surface area contributed by atoms with E-state index in [2.05, 4.69) is 4.57 Å². The fourth-order valence-electron chi connectivity index (χ4n) is 5.29. The third-order valence-corrected chi connectivity index (χ3v) is 7.11. The molecule has 9 heteroatoms. The number of hydrogen-bond donors (Lipinski definition) is 1. The third-order valence-electron chi connectivity index (χ3n) is 6.85. The molecule has 0 spiro atoms. The summed E-state index contributed by atoms with van der Waals surface area (Å²) in [7, 11) is 3.08. The van der Waals surface area contributed by atoms with Gasteiger partial charge >= 0.3 is 17.8 Å². The van der Waals surface area contributed by atoms with Crippen molar-refractivity contribution in [2.45, 2.75) is 65.8 Å². The van der Waals surface area contributed by atoms with Gasteiger partial charge in [0.25, 0.3) is 0 Å². The zero-order chi connectivity index (χ0) is 28.3. The Labute approximate surface area is 227 Å². The van der Waals surface area contributed by atoms with Crippen LogP contribution in [0.5, 0.6) is 0 Å². The summed E-state index contributed by atoms with van der Waals surface area (Å²) in [5.74, 6) is -2.46. The minimum atomic E-state index is -1.33. The fourth-order valence-corrected chi connectivity index (χ4v) is 5.42. The first-order valence-electron chi connectivity index (χ1n) is 12.5. The van der Waals surface area contributed by atoms with Gasteiger partial charge in [-0.2, -0.15) is 0 Å².